The molecule has 0 atom stereocenters. The van der Waals surface area contributed by atoms with E-state index in [1.54, 1.807) is 30.3 Å². The van der Waals surface area contributed by atoms with E-state index in [9.17, 15) is 9.59 Å². The predicted octanol–water partition coefficient (Wildman–Crippen LogP) is 2.95. The minimum atomic E-state index is -0.328. The summed E-state index contributed by atoms with van der Waals surface area (Å²) in [6.07, 6.45) is 0. The van der Waals surface area contributed by atoms with Gasteiger partial charge < -0.3 is 0 Å². The van der Waals surface area contributed by atoms with Gasteiger partial charge in [0.05, 0.1) is 11.1 Å². The van der Waals surface area contributed by atoms with Gasteiger partial charge in [0.15, 0.2) is 0 Å². The lowest BCUT2D eigenvalue weighted by molar-refractivity contribution is 0.0925. The van der Waals surface area contributed by atoms with Crippen LogP contribution in [0.15, 0.2) is 41.0 Å². The van der Waals surface area contributed by atoms with Crippen LogP contribution in [0, 0.1) is 6.92 Å². The smallest absolute Gasteiger partial charge is 0.267 e. The van der Waals surface area contributed by atoms with E-state index in [-0.39, 0.29) is 11.8 Å². The number of fused-ring (bicyclic) bond motifs is 1. The average molecular weight is 317 g/mol. The summed E-state index contributed by atoms with van der Waals surface area (Å²) in [5, 5.41) is 0. The molecule has 0 spiro atoms. The molecule has 2 aromatic rings. The van der Waals surface area contributed by atoms with Crippen LogP contribution in [0.1, 0.15) is 26.3 Å². The molecule has 2 amide bonds. The molecule has 2 heterocycles. The first-order chi connectivity index (χ1) is 9.08. The second-order valence-electron chi connectivity index (χ2n) is 4.31. The molecule has 19 heavy (non-hydrogen) atoms. The third-order valence-electron chi connectivity index (χ3n) is 2.97. The van der Waals surface area contributed by atoms with E-state index < -0.39 is 0 Å². The fraction of sp³-hybridized carbons (Fsp3) is 0.0714. The number of imide groups is 1. The van der Waals surface area contributed by atoms with Gasteiger partial charge in [-0.25, -0.2) is 9.88 Å². The molecule has 0 aliphatic carbocycles. The summed E-state index contributed by atoms with van der Waals surface area (Å²) in [4.78, 5) is 29.9. The van der Waals surface area contributed by atoms with Crippen LogP contribution in [0.4, 0.5) is 5.82 Å². The topological polar surface area (TPSA) is 50.3 Å². The number of hydrogen-bond donors (Lipinski definition) is 0. The number of halogens is 1. The number of carbonyl (C=O) groups is 2. The van der Waals surface area contributed by atoms with Crippen LogP contribution in [-0.2, 0) is 0 Å². The van der Waals surface area contributed by atoms with Crippen molar-refractivity contribution < 1.29 is 9.59 Å². The van der Waals surface area contributed by atoms with E-state index in [1.165, 1.54) is 0 Å². The monoisotopic (exact) mass is 316 g/mol. The maximum Gasteiger partial charge on any atom is 0.267 e. The summed E-state index contributed by atoms with van der Waals surface area (Å²) in [6, 6.07) is 10.4. The highest BCUT2D eigenvalue weighted by Gasteiger charge is 2.37. The maximum absolute atomic E-state index is 12.3. The summed E-state index contributed by atoms with van der Waals surface area (Å²) < 4.78 is 0.581. The first-order valence-corrected chi connectivity index (χ1v) is 6.49. The molecule has 0 unspecified atom stereocenters. The number of nitrogens with zero attached hydrogens (tertiary/aromatic N) is 2. The molecule has 1 aromatic heterocycles. The van der Waals surface area contributed by atoms with E-state index in [2.05, 4.69) is 20.9 Å². The second-order valence-corrected chi connectivity index (χ2v) is 5.13. The van der Waals surface area contributed by atoms with Gasteiger partial charge in [-0.15, -0.1) is 0 Å². The van der Waals surface area contributed by atoms with E-state index in [0.717, 1.165) is 10.5 Å². The molecule has 94 valence electrons. The Hall–Kier alpha value is -2.01. The second kappa shape index (κ2) is 4.28. The Kier molecular flexibility index (Phi) is 2.71. The number of pyridine rings is 1. The Labute approximate surface area is 118 Å². The van der Waals surface area contributed by atoms with Gasteiger partial charge in [-0.3, -0.25) is 9.59 Å². The molecule has 0 saturated heterocycles. The number of rotatable bonds is 1. The maximum atomic E-state index is 12.3. The first-order valence-electron chi connectivity index (χ1n) is 5.70. The van der Waals surface area contributed by atoms with Crippen molar-refractivity contribution in [2.75, 3.05) is 4.90 Å². The summed E-state index contributed by atoms with van der Waals surface area (Å²) in [5.74, 6) is -0.321. The van der Waals surface area contributed by atoms with Crippen molar-refractivity contribution in [3.05, 3.63) is 57.7 Å². The zero-order chi connectivity index (χ0) is 13.6. The Morgan fingerprint density at radius 1 is 1.05 bits per heavy atom. The average Bonchev–Trinajstić information content (AvgIpc) is 2.61. The predicted molar refractivity (Wildman–Crippen MR) is 74.3 cm³/mol. The number of hydrogen-bond acceptors (Lipinski definition) is 3. The Bertz CT molecular complexity index is 712. The minimum Gasteiger partial charge on any atom is -0.268 e. The molecule has 0 fully saturated rings. The Balaban J connectivity index is 2.13. The van der Waals surface area contributed by atoms with Crippen LogP contribution in [0.3, 0.4) is 0 Å². The standard InChI is InChI=1S/C14H9BrN2O2/c1-8-5-6-9-10(7-8)14(19)17(13(9)18)12-4-2-3-11(15)16-12/h2-7H,1H3. The largest absolute Gasteiger partial charge is 0.268 e. The van der Waals surface area contributed by atoms with Crippen LogP contribution in [0.25, 0.3) is 0 Å². The van der Waals surface area contributed by atoms with Gasteiger partial charge >= 0.3 is 0 Å². The third-order valence-corrected chi connectivity index (χ3v) is 3.41. The van der Waals surface area contributed by atoms with E-state index in [1.807, 2.05) is 13.0 Å². The lowest BCUT2D eigenvalue weighted by atomic mass is 10.1. The normalized spacial score (nSPS) is 13.9. The number of carbonyl (C=O) groups excluding carboxylic acids is 2. The zero-order valence-corrected chi connectivity index (χ0v) is 11.6. The summed E-state index contributed by atoms with van der Waals surface area (Å²) in [6.45, 7) is 1.89. The number of anilines is 1. The van der Waals surface area contributed by atoms with Gasteiger partial charge in [-0.2, -0.15) is 0 Å². The van der Waals surface area contributed by atoms with Crippen molar-refractivity contribution in [3.8, 4) is 0 Å². The number of aryl methyl sites for hydroxylation is 1. The molecule has 0 radical (unpaired) electrons. The van der Waals surface area contributed by atoms with Crippen molar-refractivity contribution in [1.29, 1.82) is 0 Å². The number of benzene rings is 1. The lowest BCUT2D eigenvalue weighted by Crippen LogP contribution is -2.30. The first kappa shape index (κ1) is 12.0. The van der Waals surface area contributed by atoms with Crippen molar-refractivity contribution >= 4 is 33.6 Å². The van der Waals surface area contributed by atoms with Crippen LogP contribution in [0.2, 0.25) is 0 Å². The molecule has 5 heteroatoms. The van der Waals surface area contributed by atoms with Gasteiger partial charge in [0.1, 0.15) is 10.4 Å². The molecule has 4 nitrogen and oxygen atoms in total. The van der Waals surface area contributed by atoms with E-state index >= 15 is 0 Å². The lowest BCUT2D eigenvalue weighted by Gasteiger charge is -2.12. The van der Waals surface area contributed by atoms with Crippen molar-refractivity contribution in [3.63, 3.8) is 0 Å². The van der Waals surface area contributed by atoms with Gasteiger partial charge in [-0.05, 0) is 47.1 Å². The molecule has 1 aliphatic rings. The molecule has 1 aromatic carbocycles. The SMILES string of the molecule is Cc1ccc2c(c1)C(=O)N(c1cccc(Br)n1)C2=O. The highest BCUT2D eigenvalue weighted by molar-refractivity contribution is 9.10. The molecule has 3 rings (SSSR count). The summed E-state index contributed by atoms with van der Waals surface area (Å²) in [5.41, 5.74) is 1.81. The number of amides is 2. The van der Waals surface area contributed by atoms with E-state index in [4.69, 9.17) is 0 Å². The van der Waals surface area contributed by atoms with Crippen molar-refractivity contribution in [2.45, 2.75) is 6.92 Å². The number of aromatic nitrogens is 1. The van der Waals surface area contributed by atoms with Crippen LogP contribution < -0.4 is 4.90 Å². The molecule has 0 N–H and O–H groups in total. The fourth-order valence-corrected chi connectivity index (χ4v) is 2.42. The highest BCUT2D eigenvalue weighted by Crippen LogP contribution is 2.28. The summed E-state index contributed by atoms with van der Waals surface area (Å²) >= 11 is 3.24. The summed E-state index contributed by atoms with van der Waals surface area (Å²) in [7, 11) is 0. The quantitative estimate of drug-likeness (QED) is 0.600. The van der Waals surface area contributed by atoms with Crippen LogP contribution in [-0.4, -0.2) is 16.8 Å². The Morgan fingerprint density at radius 2 is 1.79 bits per heavy atom. The van der Waals surface area contributed by atoms with Crippen molar-refractivity contribution in [2.24, 2.45) is 0 Å². The van der Waals surface area contributed by atoms with Gasteiger partial charge in [0.25, 0.3) is 11.8 Å². The van der Waals surface area contributed by atoms with Gasteiger partial charge in [0, 0.05) is 0 Å². The minimum absolute atomic E-state index is 0.325. The molecular formula is C14H9BrN2O2. The molecule has 0 saturated carbocycles. The van der Waals surface area contributed by atoms with E-state index in [0.29, 0.717) is 21.5 Å². The van der Waals surface area contributed by atoms with Gasteiger partial charge in [-0.1, -0.05) is 17.7 Å². The van der Waals surface area contributed by atoms with Crippen molar-refractivity contribution in [1.82, 2.24) is 4.98 Å². The molecule has 1 aliphatic heterocycles. The fourth-order valence-electron chi connectivity index (χ4n) is 2.08. The molecule has 0 bridgehead atoms. The molecular weight excluding hydrogens is 308 g/mol. The van der Waals surface area contributed by atoms with Crippen LogP contribution in [0.5, 0.6) is 0 Å². The Morgan fingerprint density at radius 3 is 2.53 bits per heavy atom. The highest BCUT2D eigenvalue weighted by atomic mass is 79.9. The van der Waals surface area contributed by atoms with Crippen LogP contribution >= 0.6 is 15.9 Å². The van der Waals surface area contributed by atoms with Gasteiger partial charge in [0.2, 0.25) is 0 Å². The zero-order valence-electron chi connectivity index (χ0n) is 10.1. The third kappa shape index (κ3) is 1.86.